The Kier molecular flexibility index (Phi) is 2.32. The first kappa shape index (κ1) is 10.6. The first-order valence-corrected chi connectivity index (χ1v) is 5.98. The highest BCUT2D eigenvalue weighted by Gasteiger charge is 2.29. The average molecular weight is 236 g/mol. The SMILES string of the molecule is CN1CCCn2c(c3n(c2=O)CCNC3)C1=O. The monoisotopic (exact) mass is 236 g/mol. The predicted octanol–water partition coefficient (Wildman–Crippen LogP) is -0.771. The van der Waals surface area contributed by atoms with E-state index in [1.54, 1.807) is 21.1 Å². The summed E-state index contributed by atoms with van der Waals surface area (Å²) in [5.74, 6) is -0.0305. The summed E-state index contributed by atoms with van der Waals surface area (Å²) in [6.45, 7) is 3.42. The maximum atomic E-state index is 12.2. The van der Waals surface area contributed by atoms with E-state index in [1.165, 1.54) is 0 Å². The smallest absolute Gasteiger partial charge is 0.329 e. The Morgan fingerprint density at radius 2 is 1.94 bits per heavy atom. The van der Waals surface area contributed by atoms with Crippen LogP contribution in [-0.4, -0.2) is 40.1 Å². The maximum Gasteiger partial charge on any atom is 0.329 e. The van der Waals surface area contributed by atoms with Crippen LogP contribution in [-0.2, 0) is 19.6 Å². The molecule has 0 saturated heterocycles. The fourth-order valence-electron chi connectivity index (χ4n) is 2.64. The van der Waals surface area contributed by atoms with Crippen LogP contribution in [0.25, 0.3) is 0 Å². The Morgan fingerprint density at radius 1 is 1.12 bits per heavy atom. The van der Waals surface area contributed by atoms with Gasteiger partial charge in [-0.05, 0) is 6.42 Å². The second-order valence-corrected chi connectivity index (χ2v) is 4.64. The maximum absolute atomic E-state index is 12.2. The van der Waals surface area contributed by atoms with Gasteiger partial charge in [-0.25, -0.2) is 4.79 Å². The second kappa shape index (κ2) is 3.73. The zero-order valence-electron chi connectivity index (χ0n) is 9.90. The first-order chi connectivity index (χ1) is 8.20. The Bertz CT molecular complexity index is 528. The predicted molar refractivity (Wildman–Crippen MR) is 62.0 cm³/mol. The summed E-state index contributed by atoms with van der Waals surface area (Å²) in [5.41, 5.74) is 1.40. The lowest BCUT2D eigenvalue weighted by Gasteiger charge is -2.18. The molecule has 0 aliphatic carbocycles. The van der Waals surface area contributed by atoms with Crippen molar-refractivity contribution in [2.45, 2.75) is 26.1 Å². The van der Waals surface area contributed by atoms with Crippen LogP contribution in [0.15, 0.2) is 4.79 Å². The van der Waals surface area contributed by atoms with Gasteiger partial charge >= 0.3 is 5.69 Å². The van der Waals surface area contributed by atoms with Crippen molar-refractivity contribution in [2.75, 3.05) is 20.1 Å². The normalized spacial score (nSPS) is 19.8. The summed E-state index contributed by atoms with van der Waals surface area (Å²) in [4.78, 5) is 26.1. The van der Waals surface area contributed by atoms with Crippen molar-refractivity contribution in [3.8, 4) is 0 Å². The number of amides is 1. The third-order valence-corrected chi connectivity index (χ3v) is 3.56. The summed E-state index contributed by atoms with van der Waals surface area (Å²) in [6, 6.07) is 0. The Morgan fingerprint density at radius 3 is 2.76 bits per heavy atom. The van der Waals surface area contributed by atoms with Crippen molar-refractivity contribution < 1.29 is 4.79 Å². The zero-order chi connectivity index (χ0) is 12.0. The average Bonchev–Trinajstić information content (AvgIpc) is 2.53. The van der Waals surface area contributed by atoms with Crippen molar-refractivity contribution in [3.63, 3.8) is 0 Å². The number of carbonyl (C=O) groups is 1. The molecule has 0 saturated carbocycles. The fourth-order valence-corrected chi connectivity index (χ4v) is 2.64. The Labute approximate surface area is 98.8 Å². The minimum absolute atomic E-state index is 0.0276. The lowest BCUT2D eigenvalue weighted by Crippen LogP contribution is -2.35. The van der Waals surface area contributed by atoms with E-state index in [-0.39, 0.29) is 11.6 Å². The molecule has 92 valence electrons. The minimum Gasteiger partial charge on any atom is -0.340 e. The highest BCUT2D eigenvalue weighted by molar-refractivity contribution is 5.94. The van der Waals surface area contributed by atoms with E-state index in [2.05, 4.69) is 5.32 Å². The van der Waals surface area contributed by atoms with Crippen molar-refractivity contribution in [2.24, 2.45) is 0 Å². The van der Waals surface area contributed by atoms with Gasteiger partial charge in [0.1, 0.15) is 5.69 Å². The molecule has 1 amide bonds. The summed E-state index contributed by atoms with van der Waals surface area (Å²) >= 11 is 0. The molecule has 6 nitrogen and oxygen atoms in total. The molecule has 1 aromatic heterocycles. The van der Waals surface area contributed by atoms with Gasteiger partial charge in [-0.1, -0.05) is 0 Å². The number of nitrogens with one attached hydrogen (secondary N) is 1. The number of aromatic nitrogens is 2. The lowest BCUT2D eigenvalue weighted by atomic mass is 10.2. The number of nitrogens with zero attached hydrogens (tertiary/aromatic N) is 3. The van der Waals surface area contributed by atoms with Crippen molar-refractivity contribution in [1.29, 1.82) is 0 Å². The molecule has 2 aliphatic rings. The molecule has 0 aromatic carbocycles. The number of carbonyl (C=O) groups excluding carboxylic acids is 1. The quantitative estimate of drug-likeness (QED) is 0.643. The van der Waals surface area contributed by atoms with E-state index in [0.29, 0.717) is 31.9 Å². The molecule has 1 aromatic rings. The van der Waals surface area contributed by atoms with Gasteiger partial charge < -0.3 is 10.2 Å². The standard InChI is InChI=1S/C11H16N4O2/c1-13-4-2-5-15-9(10(13)16)8-7-12-3-6-14(8)11(15)17/h12H,2-7H2,1H3. The zero-order valence-corrected chi connectivity index (χ0v) is 9.90. The van der Waals surface area contributed by atoms with E-state index in [0.717, 1.165) is 18.7 Å². The van der Waals surface area contributed by atoms with E-state index in [4.69, 9.17) is 0 Å². The van der Waals surface area contributed by atoms with Gasteiger partial charge in [-0.15, -0.1) is 0 Å². The molecule has 0 spiro atoms. The molecular formula is C11H16N4O2. The summed E-state index contributed by atoms with van der Waals surface area (Å²) < 4.78 is 3.39. The molecule has 0 fully saturated rings. The molecule has 0 bridgehead atoms. The van der Waals surface area contributed by atoms with Crippen molar-refractivity contribution in [1.82, 2.24) is 19.4 Å². The van der Waals surface area contributed by atoms with Crippen LogP contribution in [0.2, 0.25) is 0 Å². The number of fused-ring (bicyclic) bond motifs is 3. The van der Waals surface area contributed by atoms with E-state index in [1.807, 2.05) is 0 Å². The number of rotatable bonds is 0. The molecule has 1 N–H and O–H groups in total. The highest BCUT2D eigenvalue weighted by atomic mass is 16.2. The van der Waals surface area contributed by atoms with Gasteiger partial charge in [0.05, 0.1) is 5.69 Å². The third kappa shape index (κ3) is 1.44. The van der Waals surface area contributed by atoms with Gasteiger partial charge in [0.2, 0.25) is 0 Å². The van der Waals surface area contributed by atoms with Gasteiger partial charge in [0.25, 0.3) is 5.91 Å². The van der Waals surface area contributed by atoms with E-state index in [9.17, 15) is 9.59 Å². The number of imidazole rings is 1. The summed E-state index contributed by atoms with van der Waals surface area (Å²) in [6.07, 6.45) is 0.839. The second-order valence-electron chi connectivity index (χ2n) is 4.64. The molecule has 17 heavy (non-hydrogen) atoms. The van der Waals surface area contributed by atoms with Crippen LogP contribution >= 0.6 is 0 Å². The molecule has 2 aliphatic heterocycles. The van der Waals surface area contributed by atoms with Gasteiger partial charge in [-0.3, -0.25) is 13.9 Å². The summed E-state index contributed by atoms with van der Waals surface area (Å²) in [5, 5.41) is 3.22. The fraction of sp³-hybridized carbons (Fsp3) is 0.636. The third-order valence-electron chi connectivity index (χ3n) is 3.56. The van der Waals surface area contributed by atoms with Crippen LogP contribution in [0.4, 0.5) is 0 Å². The van der Waals surface area contributed by atoms with Crippen LogP contribution < -0.4 is 11.0 Å². The van der Waals surface area contributed by atoms with E-state index >= 15 is 0 Å². The molecule has 0 atom stereocenters. The molecular weight excluding hydrogens is 220 g/mol. The van der Waals surface area contributed by atoms with Gasteiger partial charge in [-0.2, -0.15) is 0 Å². The molecule has 3 rings (SSSR count). The summed E-state index contributed by atoms with van der Waals surface area (Å²) in [7, 11) is 1.79. The molecule has 0 unspecified atom stereocenters. The Hall–Kier alpha value is -1.56. The topological polar surface area (TPSA) is 59.3 Å². The molecule has 3 heterocycles. The minimum atomic E-state index is -0.0305. The number of hydrogen-bond acceptors (Lipinski definition) is 3. The van der Waals surface area contributed by atoms with Crippen LogP contribution in [0.5, 0.6) is 0 Å². The van der Waals surface area contributed by atoms with Crippen LogP contribution in [0.1, 0.15) is 22.6 Å². The number of hydrogen-bond donors (Lipinski definition) is 1. The highest BCUT2D eigenvalue weighted by Crippen LogP contribution is 2.16. The molecule has 6 heteroatoms. The largest absolute Gasteiger partial charge is 0.340 e. The van der Waals surface area contributed by atoms with E-state index < -0.39 is 0 Å². The van der Waals surface area contributed by atoms with Crippen LogP contribution in [0, 0.1) is 0 Å². The van der Waals surface area contributed by atoms with Crippen molar-refractivity contribution >= 4 is 5.91 Å². The lowest BCUT2D eigenvalue weighted by molar-refractivity contribution is 0.0794. The first-order valence-electron chi connectivity index (χ1n) is 5.98. The van der Waals surface area contributed by atoms with Gasteiger partial charge in [0, 0.05) is 39.8 Å². The van der Waals surface area contributed by atoms with Crippen molar-refractivity contribution in [3.05, 3.63) is 21.9 Å². The Balaban J connectivity index is 2.23. The van der Waals surface area contributed by atoms with Gasteiger partial charge in [0.15, 0.2) is 0 Å². The molecule has 0 radical (unpaired) electrons. The van der Waals surface area contributed by atoms with Crippen LogP contribution in [0.3, 0.4) is 0 Å².